The van der Waals surface area contributed by atoms with Crippen molar-refractivity contribution in [2.75, 3.05) is 34.8 Å². The second-order valence-electron chi connectivity index (χ2n) is 7.69. The molecule has 2 aliphatic rings. The van der Waals surface area contributed by atoms with Crippen molar-refractivity contribution in [1.82, 2.24) is 0 Å². The molecule has 0 aromatic heterocycles. The Hall–Kier alpha value is -3.03. The van der Waals surface area contributed by atoms with Crippen LogP contribution in [-0.2, 0) is 15.8 Å². The summed E-state index contributed by atoms with van der Waals surface area (Å²) in [6.45, 7) is 2.03. The van der Waals surface area contributed by atoms with Crippen molar-refractivity contribution < 1.29 is 22.8 Å². The fourth-order valence-corrected chi connectivity index (χ4v) is 3.98. The largest absolute Gasteiger partial charge is 0.416 e. The molecular formula is C22H22F3N3O2. The second-order valence-corrected chi connectivity index (χ2v) is 7.69. The van der Waals surface area contributed by atoms with Crippen LogP contribution in [0, 0.1) is 5.92 Å². The third kappa shape index (κ3) is 4.27. The molecule has 8 heteroatoms. The number of rotatable bonds is 4. The van der Waals surface area contributed by atoms with Crippen LogP contribution in [0.15, 0.2) is 48.5 Å². The summed E-state index contributed by atoms with van der Waals surface area (Å²) in [6, 6.07) is 12.2. The van der Waals surface area contributed by atoms with Gasteiger partial charge < -0.3 is 15.1 Å². The number of anilines is 3. The summed E-state index contributed by atoms with van der Waals surface area (Å²) in [5, 5.41) is 2.85. The molecule has 2 fully saturated rings. The van der Waals surface area contributed by atoms with Crippen molar-refractivity contribution in [1.29, 1.82) is 0 Å². The Morgan fingerprint density at radius 3 is 2.43 bits per heavy atom. The molecule has 2 aliphatic heterocycles. The van der Waals surface area contributed by atoms with Crippen molar-refractivity contribution in [3.05, 3.63) is 54.1 Å². The van der Waals surface area contributed by atoms with Crippen molar-refractivity contribution in [2.45, 2.75) is 25.4 Å². The normalized spacial score (nSPS) is 19.4. The highest BCUT2D eigenvalue weighted by molar-refractivity contribution is 6.03. The van der Waals surface area contributed by atoms with Gasteiger partial charge in [-0.25, -0.2) is 0 Å². The molecule has 2 aromatic rings. The smallest absolute Gasteiger partial charge is 0.371 e. The molecule has 0 saturated carbocycles. The molecule has 2 saturated heterocycles. The van der Waals surface area contributed by atoms with E-state index in [4.69, 9.17) is 0 Å². The summed E-state index contributed by atoms with van der Waals surface area (Å²) >= 11 is 0. The van der Waals surface area contributed by atoms with E-state index in [0.29, 0.717) is 5.69 Å². The predicted molar refractivity (Wildman–Crippen MR) is 108 cm³/mol. The third-order valence-electron chi connectivity index (χ3n) is 5.57. The van der Waals surface area contributed by atoms with Gasteiger partial charge in [-0.3, -0.25) is 9.59 Å². The molecule has 0 bridgehead atoms. The van der Waals surface area contributed by atoms with Crippen molar-refractivity contribution in [3.63, 3.8) is 0 Å². The summed E-state index contributed by atoms with van der Waals surface area (Å²) in [5.74, 6) is -1.29. The second kappa shape index (κ2) is 8.01. The van der Waals surface area contributed by atoms with E-state index in [0.717, 1.165) is 43.8 Å². The minimum Gasteiger partial charge on any atom is -0.371 e. The number of carbonyl (C=O) groups excluding carboxylic acids is 2. The number of benzene rings is 2. The van der Waals surface area contributed by atoms with Gasteiger partial charge in [-0.1, -0.05) is 12.1 Å². The maximum Gasteiger partial charge on any atom is 0.416 e. The molecule has 5 nitrogen and oxygen atoms in total. The van der Waals surface area contributed by atoms with Crippen LogP contribution in [0.1, 0.15) is 24.8 Å². The molecule has 4 rings (SSSR count). The van der Waals surface area contributed by atoms with Gasteiger partial charge in [0.05, 0.1) is 11.5 Å². The van der Waals surface area contributed by atoms with Gasteiger partial charge >= 0.3 is 6.18 Å². The van der Waals surface area contributed by atoms with Crippen LogP contribution in [0.25, 0.3) is 0 Å². The summed E-state index contributed by atoms with van der Waals surface area (Å²) < 4.78 is 38.9. The summed E-state index contributed by atoms with van der Waals surface area (Å²) in [7, 11) is 0. The van der Waals surface area contributed by atoms with E-state index in [1.807, 2.05) is 18.2 Å². The first-order chi connectivity index (χ1) is 14.3. The first-order valence-corrected chi connectivity index (χ1v) is 9.95. The predicted octanol–water partition coefficient (Wildman–Crippen LogP) is 4.30. The van der Waals surface area contributed by atoms with Gasteiger partial charge in [0.25, 0.3) is 0 Å². The van der Waals surface area contributed by atoms with Crippen LogP contribution in [0.2, 0.25) is 0 Å². The Morgan fingerprint density at radius 2 is 1.70 bits per heavy atom. The van der Waals surface area contributed by atoms with Gasteiger partial charge in [0.2, 0.25) is 11.8 Å². The highest BCUT2D eigenvalue weighted by atomic mass is 19.4. The molecule has 1 N–H and O–H groups in total. The van der Waals surface area contributed by atoms with Gasteiger partial charge in [-0.15, -0.1) is 0 Å². The summed E-state index contributed by atoms with van der Waals surface area (Å²) in [6.07, 6.45) is -2.23. The van der Waals surface area contributed by atoms with Crippen LogP contribution < -0.4 is 15.1 Å². The minimum absolute atomic E-state index is 0.0338. The third-order valence-corrected chi connectivity index (χ3v) is 5.57. The lowest BCUT2D eigenvalue weighted by atomic mass is 10.1. The zero-order valence-electron chi connectivity index (χ0n) is 16.3. The van der Waals surface area contributed by atoms with E-state index < -0.39 is 17.7 Å². The highest BCUT2D eigenvalue weighted by Crippen LogP contribution is 2.34. The van der Waals surface area contributed by atoms with Crippen LogP contribution in [-0.4, -0.2) is 31.4 Å². The molecule has 0 aliphatic carbocycles. The van der Waals surface area contributed by atoms with Crippen LogP contribution in [0.3, 0.4) is 0 Å². The molecule has 158 valence electrons. The molecule has 2 amide bonds. The van der Waals surface area contributed by atoms with E-state index in [1.165, 1.54) is 17.0 Å². The molecular weight excluding hydrogens is 395 g/mol. The van der Waals surface area contributed by atoms with Crippen LogP contribution in [0.4, 0.5) is 30.2 Å². The van der Waals surface area contributed by atoms with Gasteiger partial charge in [0.15, 0.2) is 0 Å². The number of nitrogens with zero attached hydrogens (tertiary/aromatic N) is 2. The van der Waals surface area contributed by atoms with Crippen LogP contribution >= 0.6 is 0 Å². The average Bonchev–Trinajstić information content (AvgIpc) is 3.38. The van der Waals surface area contributed by atoms with Gasteiger partial charge in [-0.2, -0.15) is 13.2 Å². The van der Waals surface area contributed by atoms with E-state index in [9.17, 15) is 22.8 Å². The van der Waals surface area contributed by atoms with Gasteiger partial charge in [0, 0.05) is 43.1 Å². The minimum atomic E-state index is -4.49. The van der Waals surface area contributed by atoms with E-state index in [2.05, 4.69) is 10.2 Å². The Balaban J connectivity index is 1.44. The van der Waals surface area contributed by atoms with Crippen molar-refractivity contribution >= 4 is 28.9 Å². The summed E-state index contributed by atoms with van der Waals surface area (Å²) in [4.78, 5) is 28.6. The quantitative estimate of drug-likeness (QED) is 0.807. The van der Waals surface area contributed by atoms with E-state index in [-0.39, 0.29) is 30.5 Å². The molecule has 2 aromatic carbocycles. The lowest BCUT2D eigenvalue weighted by molar-refractivity contribution is -0.137. The number of amides is 2. The average molecular weight is 417 g/mol. The highest BCUT2D eigenvalue weighted by Gasteiger charge is 2.37. The topological polar surface area (TPSA) is 52.7 Å². The SMILES string of the molecule is O=C(Nc1cccc(N2CCCC2)c1)C1CC(=O)N(c2cccc(C(F)(F)F)c2)C1. The van der Waals surface area contributed by atoms with Crippen molar-refractivity contribution in [2.24, 2.45) is 5.92 Å². The van der Waals surface area contributed by atoms with Gasteiger partial charge in [0.1, 0.15) is 0 Å². The fraction of sp³-hybridized carbons (Fsp3) is 0.364. The molecule has 30 heavy (non-hydrogen) atoms. The van der Waals surface area contributed by atoms with Gasteiger partial charge in [-0.05, 0) is 49.2 Å². The number of nitrogens with one attached hydrogen (secondary N) is 1. The fourth-order valence-electron chi connectivity index (χ4n) is 3.98. The maximum absolute atomic E-state index is 13.0. The molecule has 1 unspecified atom stereocenters. The standard InChI is InChI=1S/C22H22F3N3O2/c23-22(24,25)16-5-3-8-19(12-16)28-14-15(11-20(28)29)21(30)26-17-6-4-7-18(13-17)27-9-1-2-10-27/h3-8,12-13,15H,1-2,9-11,14H2,(H,26,30). The zero-order valence-corrected chi connectivity index (χ0v) is 16.3. The monoisotopic (exact) mass is 417 g/mol. The van der Waals surface area contributed by atoms with E-state index >= 15 is 0 Å². The first-order valence-electron chi connectivity index (χ1n) is 9.95. The number of hydrogen-bond donors (Lipinski definition) is 1. The Labute approximate surface area is 172 Å². The molecule has 1 atom stereocenters. The van der Waals surface area contributed by atoms with Crippen LogP contribution in [0.5, 0.6) is 0 Å². The van der Waals surface area contributed by atoms with Crippen molar-refractivity contribution in [3.8, 4) is 0 Å². The lowest BCUT2D eigenvalue weighted by Gasteiger charge is -2.19. The number of hydrogen-bond acceptors (Lipinski definition) is 3. The maximum atomic E-state index is 13.0. The molecule has 0 radical (unpaired) electrons. The number of carbonyl (C=O) groups is 2. The molecule has 2 heterocycles. The van der Waals surface area contributed by atoms with E-state index in [1.54, 1.807) is 6.07 Å². The summed E-state index contributed by atoms with van der Waals surface area (Å²) in [5.41, 5.74) is 1.02. The molecule has 0 spiro atoms. The Bertz CT molecular complexity index is 955. The zero-order chi connectivity index (χ0) is 21.3. The Morgan fingerprint density at radius 1 is 1.00 bits per heavy atom. The number of halogens is 3. The first kappa shape index (κ1) is 20.3. The Kier molecular flexibility index (Phi) is 5.40. The lowest BCUT2D eigenvalue weighted by Crippen LogP contribution is -2.28. The number of alkyl halides is 3.